The number of aromatic hydroxyl groups is 1. The average molecular weight is 470 g/mol. The van der Waals surface area contributed by atoms with Crippen molar-refractivity contribution in [2.75, 3.05) is 0 Å². The molecule has 0 aliphatic heterocycles. The molecule has 0 bridgehead atoms. The number of carbonyl (C=O) groups excluding carboxylic acids is 1. The van der Waals surface area contributed by atoms with Crippen LogP contribution in [0.4, 0.5) is 0 Å². The molecule has 0 aliphatic carbocycles. The van der Waals surface area contributed by atoms with Crippen LogP contribution in [0.1, 0.15) is 16.1 Å². The highest BCUT2D eigenvalue weighted by Crippen LogP contribution is 2.30. The SMILES string of the molecule is O=C(NN=Cc1cc(Br)ccc1O)c1cc(-c2ccc(Br)s2)[nH]n1. The molecule has 0 aliphatic rings. The Hall–Kier alpha value is -1.97. The normalized spacial score (nSPS) is 11.1. The summed E-state index contributed by atoms with van der Waals surface area (Å²) in [6, 6.07) is 10.4. The van der Waals surface area contributed by atoms with Crippen LogP contribution in [-0.2, 0) is 0 Å². The number of phenolic OH excluding ortho intramolecular Hbond substituents is 1. The summed E-state index contributed by atoms with van der Waals surface area (Å²) in [4.78, 5) is 13.0. The van der Waals surface area contributed by atoms with Gasteiger partial charge in [0, 0.05) is 10.0 Å². The van der Waals surface area contributed by atoms with Crippen LogP contribution in [0.25, 0.3) is 10.6 Å². The molecule has 3 N–H and O–H groups in total. The number of phenols is 1. The zero-order valence-electron chi connectivity index (χ0n) is 12.0. The van der Waals surface area contributed by atoms with Crippen LogP contribution in [-0.4, -0.2) is 27.4 Å². The number of rotatable bonds is 4. The Kier molecular flexibility index (Phi) is 5.12. The van der Waals surface area contributed by atoms with E-state index >= 15 is 0 Å². The average Bonchev–Trinajstić information content (AvgIpc) is 3.19. The Balaban J connectivity index is 1.68. The van der Waals surface area contributed by atoms with Gasteiger partial charge in [0.15, 0.2) is 5.69 Å². The first-order valence-electron chi connectivity index (χ1n) is 6.66. The first-order chi connectivity index (χ1) is 11.5. The van der Waals surface area contributed by atoms with E-state index in [2.05, 4.69) is 52.6 Å². The maximum absolute atomic E-state index is 12.1. The van der Waals surface area contributed by atoms with Crippen LogP contribution in [0.5, 0.6) is 5.75 Å². The van der Waals surface area contributed by atoms with Gasteiger partial charge in [0.05, 0.1) is 20.6 Å². The molecule has 0 atom stereocenters. The maximum Gasteiger partial charge on any atom is 0.291 e. The summed E-state index contributed by atoms with van der Waals surface area (Å²) in [6.07, 6.45) is 1.36. The third-order valence-electron chi connectivity index (χ3n) is 3.01. The molecule has 0 saturated carbocycles. The van der Waals surface area contributed by atoms with Crippen LogP contribution < -0.4 is 5.43 Å². The van der Waals surface area contributed by atoms with E-state index in [0.717, 1.165) is 18.8 Å². The van der Waals surface area contributed by atoms with Gasteiger partial charge in [-0.15, -0.1) is 11.3 Å². The number of nitrogens with one attached hydrogen (secondary N) is 2. The van der Waals surface area contributed by atoms with Crippen LogP contribution >= 0.6 is 43.2 Å². The Morgan fingerprint density at radius 1 is 1.29 bits per heavy atom. The zero-order valence-corrected chi connectivity index (χ0v) is 15.9. The number of nitrogens with zero attached hydrogens (tertiary/aromatic N) is 2. The summed E-state index contributed by atoms with van der Waals surface area (Å²) in [7, 11) is 0. The highest BCUT2D eigenvalue weighted by molar-refractivity contribution is 9.11. The summed E-state index contributed by atoms with van der Waals surface area (Å²) in [5, 5.41) is 20.3. The quantitative estimate of drug-likeness (QED) is 0.396. The zero-order chi connectivity index (χ0) is 17.1. The third-order valence-corrected chi connectivity index (χ3v) is 5.16. The minimum Gasteiger partial charge on any atom is -0.507 e. The Morgan fingerprint density at radius 3 is 2.88 bits per heavy atom. The number of aromatic nitrogens is 2. The molecular weight excluding hydrogens is 460 g/mol. The second-order valence-corrected chi connectivity index (χ2v) is 8.05. The molecule has 0 spiro atoms. The Labute approximate surface area is 157 Å². The van der Waals surface area contributed by atoms with Gasteiger partial charge in [-0.1, -0.05) is 15.9 Å². The number of hydrogen-bond acceptors (Lipinski definition) is 5. The predicted molar refractivity (Wildman–Crippen MR) is 100 cm³/mol. The van der Waals surface area contributed by atoms with Crippen molar-refractivity contribution in [2.45, 2.75) is 0 Å². The lowest BCUT2D eigenvalue weighted by atomic mass is 10.2. The minimum atomic E-state index is -0.446. The fourth-order valence-corrected chi connectivity index (χ4v) is 3.60. The fraction of sp³-hybridized carbons (Fsp3) is 0. The largest absolute Gasteiger partial charge is 0.507 e. The Morgan fingerprint density at radius 2 is 2.12 bits per heavy atom. The standard InChI is InChI=1S/C15H10Br2N4O2S/c16-9-1-2-12(22)8(5-9)7-18-21-15(23)11-6-10(19-20-11)13-3-4-14(17)24-13/h1-7,22H,(H,19,20)(H,21,23). The van der Waals surface area contributed by atoms with Gasteiger partial charge in [-0.3, -0.25) is 9.89 Å². The van der Waals surface area contributed by atoms with Crippen molar-refractivity contribution in [3.8, 4) is 16.3 Å². The van der Waals surface area contributed by atoms with Gasteiger partial charge >= 0.3 is 0 Å². The number of thiophene rings is 1. The van der Waals surface area contributed by atoms with Gasteiger partial charge in [-0.05, 0) is 52.3 Å². The molecule has 24 heavy (non-hydrogen) atoms. The van der Waals surface area contributed by atoms with Gasteiger partial charge in [0.25, 0.3) is 5.91 Å². The highest BCUT2D eigenvalue weighted by atomic mass is 79.9. The van der Waals surface area contributed by atoms with Gasteiger partial charge in [0.2, 0.25) is 0 Å². The van der Waals surface area contributed by atoms with E-state index in [4.69, 9.17) is 0 Å². The summed E-state index contributed by atoms with van der Waals surface area (Å²) in [6.45, 7) is 0. The molecule has 0 radical (unpaired) electrons. The molecule has 122 valence electrons. The molecule has 0 fully saturated rings. The number of carbonyl (C=O) groups is 1. The van der Waals surface area contributed by atoms with E-state index in [1.54, 1.807) is 18.2 Å². The fourth-order valence-electron chi connectivity index (χ4n) is 1.87. The topological polar surface area (TPSA) is 90.4 Å². The first kappa shape index (κ1) is 16.9. The second kappa shape index (κ2) is 7.29. The minimum absolute atomic E-state index is 0.0709. The van der Waals surface area contributed by atoms with Crippen molar-refractivity contribution in [1.82, 2.24) is 15.6 Å². The number of halogens is 2. The number of hydrazone groups is 1. The number of benzene rings is 1. The molecule has 9 heteroatoms. The van der Waals surface area contributed by atoms with Crippen LogP contribution in [0.2, 0.25) is 0 Å². The van der Waals surface area contributed by atoms with E-state index in [0.29, 0.717) is 5.56 Å². The summed E-state index contributed by atoms with van der Waals surface area (Å²) in [5.41, 5.74) is 3.84. The van der Waals surface area contributed by atoms with Crippen molar-refractivity contribution < 1.29 is 9.90 Å². The lowest BCUT2D eigenvalue weighted by molar-refractivity contribution is 0.0950. The van der Waals surface area contributed by atoms with Crippen LogP contribution in [0.3, 0.4) is 0 Å². The molecule has 6 nitrogen and oxygen atoms in total. The van der Waals surface area contributed by atoms with Crippen molar-refractivity contribution in [2.24, 2.45) is 5.10 Å². The molecule has 1 amide bonds. The van der Waals surface area contributed by atoms with Gasteiger partial charge in [-0.2, -0.15) is 10.2 Å². The smallest absolute Gasteiger partial charge is 0.291 e. The van der Waals surface area contributed by atoms with E-state index < -0.39 is 5.91 Å². The molecular formula is C15H10Br2N4O2S. The molecule has 0 unspecified atom stereocenters. The van der Waals surface area contributed by atoms with E-state index in [9.17, 15) is 9.90 Å². The number of amides is 1. The molecule has 3 aromatic rings. The van der Waals surface area contributed by atoms with E-state index in [-0.39, 0.29) is 11.4 Å². The van der Waals surface area contributed by atoms with Crippen molar-refractivity contribution in [1.29, 1.82) is 0 Å². The Bertz CT molecular complexity index is 920. The molecule has 2 heterocycles. The summed E-state index contributed by atoms with van der Waals surface area (Å²) in [5.74, 6) is -0.375. The summed E-state index contributed by atoms with van der Waals surface area (Å²) >= 11 is 8.23. The first-order valence-corrected chi connectivity index (χ1v) is 9.06. The lowest BCUT2D eigenvalue weighted by Crippen LogP contribution is -2.18. The molecule has 3 rings (SSSR count). The van der Waals surface area contributed by atoms with Gasteiger partial charge in [-0.25, -0.2) is 5.43 Å². The van der Waals surface area contributed by atoms with Crippen LogP contribution in [0, 0.1) is 0 Å². The predicted octanol–water partition coefficient (Wildman–Crippen LogP) is 4.13. The summed E-state index contributed by atoms with van der Waals surface area (Å²) < 4.78 is 1.80. The maximum atomic E-state index is 12.1. The monoisotopic (exact) mass is 468 g/mol. The highest BCUT2D eigenvalue weighted by Gasteiger charge is 2.12. The number of hydrogen-bond donors (Lipinski definition) is 3. The van der Waals surface area contributed by atoms with Crippen molar-refractivity contribution in [3.05, 3.63) is 55.9 Å². The number of aromatic amines is 1. The molecule has 2 aromatic heterocycles. The van der Waals surface area contributed by atoms with Crippen LogP contribution in [0.15, 0.2) is 49.8 Å². The van der Waals surface area contributed by atoms with Gasteiger partial charge < -0.3 is 5.11 Å². The third kappa shape index (κ3) is 3.92. The lowest BCUT2D eigenvalue weighted by Gasteiger charge is -1.99. The molecule has 0 saturated heterocycles. The van der Waals surface area contributed by atoms with Crippen molar-refractivity contribution in [3.63, 3.8) is 0 Å². The van der Waals surface area contributed by atoms with E-state index in [1.807, 2.05) is 12.1 Å². The second-order valence-electron chi connectivity index (χ2n) is 4.67. The number of H-pyrrole nitrogens is 1. The van der Waals surface area contributed by atoms with Gasteiger partial charge in [0.1, 0.15) is 5.75 Å². The van der Waals surface area contributed by atoms with Crippen molar-refractivity contribution >= 4 is 55.3 Å². The molecule has 1 aromatic carbocycles. The van der Waals surface area contributed by atoms with E-state index in [1.165, 1.54) is 23.6 Å².